The zero-order chi connectivity index (χ0) is 15.1. The van der Waals surface area contributed by atoms with E-state index in [0.717, 1.165) is 0 Å². The van der Waals surface area contributed by atoms with Crippen LogP contribution >= 0.6 is 11.6 Å². The number of carbonyl (C=O) groups excluding carboxylic acids is 2. The van der Waals surface area contributed by atoms with Crippen molar-refractivity contribution in [3.8, 4) is 0 Å². The predicted octanol–water partition coefficient (Wildman–Crippen LogP) is -1.27. The molecule has 0 saturated heterocycles. The van der Waals surface area contributed by atoms with Gasteiger partial charge in [0.1, 0.15) is 12.6 Å². The maximum atomic E-state index is 11.8. The number of hydrogen-bond donors (Lipinski definition) is 3. The normalized spacial score (nSPS) is 13.6. The molecule has 110 valence electrons. The van der Waals surface area contributed by atoms with Crippen LogP contribution in [0.4, 0.5) is 5.69 Å². The van der Waals surface area contributed by atoms with Gasteiger partial charge >= 0.3 is 0 Å². The van der Waals surface area contributed by atoms with Gasteiger partial charge in [-0.25, -0.2) is 0 Å². The van der Waals surface area contributed by atoms with Crippen LogP contribution in [0.2, 0.25) is 5.02 Å². The monoisotopic (exact) mass is 300 g/mol. The van der Waals surface area contributed by atoms with Crippen molar-refractivity contribution in [2.75, 3.05) is 11.9 Å². The molecular weight excluding hydrogens is 284 g/mol. The first-order chi connectivity index (χ1) is 9.38. The number of rotatable bonds is 7. The smallest absolute Gasteiger partial charge is 0.230 e. The van der Waals surface area contributed by atoms with Crippen LogP contribution in [0.1, 0.15) is 13.3 Å². The Morgan fingerprint density at radius 3 is 2.75 bits per heavy atom. The van der Waals surface area contributed by atoms with Crippen LogP contribution < -0.4 is 15.7 Å². The second-order valence-electron chi connectivity index (χ2n) is 4.51. The molecule has 0 aliphatic rings. The van der Waals surface area contributed by atoms with Crippen LogP contribution in [0.5, 0.6) is 0 Å². The van der Waals surface area contributed by atoms with Crippen molar-refractivity contribution in [3.63, 3.8) is 0 Å². The number of quaternary nitrogens is 1. The minimum Gasteiger partial charge on any atom is -0.544 e. The molecule has 1 aromatic carbocycles. The predicted molar refractivity (Wildman–Crippen MR) is 72.0 cm³/mol. The number of benzene rings is 1. The lowest BCUT2D eigenvalue weighted by Crippen LogP contribution is -2.94. The van der Waals surface area contributed by atoms with Crippen molar-refractivity contribution in [3.05, 3.63) is 29.3 Å². The lowest BCUT2D eigenvalue weighted by Gasteiger charge is -2.17. The quantitative estimate of drug-likeness (QED) is 0.584. The summed E-state index contributed by atoms with van der Waals surface area (Å²) in [5.41, 5.74) is 0.495. The number of aliphatic hydroxyl groups is 1. The van der Waals surface area contributed by atoms with Gasteiger partial charge in [-0.2, -0.15) is 0 Å². The Balaban J connectivity index is 2.55. The number of carboxylic acids is 1. The summed E-state index contributed by atoms with van der Waals surface area (Å²) in [5, 5.41) is 24.5. The fourth-order valence-corrected chi connectivity index (χ4v) is 1.79. The number of nitrogens with one attached hydrogen (secondary N) is 1. The lowest BCUT2D eigenvalue weighted by atomic mass is 10.2. The molecule has 1 amide bonds. The molecule has 0 radical (unpaired) electrons. The average Bonchev–Trinajstić information content (AvgIpc) is 2.33. The highest BCUT2D eigenvalue weighted by molar-refractivity contribution is 6.30. The third-order valence-electron chi connectivity index (χ3n) is 2.58. The fraction of sp³-hybridized carbons (Fsp3) is 0.385. The number of hydrogen-bond acceptors (Lipinski definition) is 4. The Labute approximate surface area is 121 Å². The number of aliphatic carboxylic acids is 1. The summed E-state index contributed by atoms with van der Waals surface area (Å²) in [7, 11) is 0. The summed E-state index contributed by atoms with van der Waals surface area (Å²) in [6.45, 7) is 1.72. The molecule has 6 nitrogen and oxygen atoms in total. The summed E-state index contributed by atoms with van der Waals surface area (Å²) in [5.74, 6) is -1.80. The van der Waals surface area contributed by atoms with Crippen LogP contribution in [-0.2, 0) is 9.59 Å². The van der Waals surface area contributed by atoms with E-state index in [2.05, 4.69) is 5.32 Å². The van der Waals surface area contributed by atoms with E-state index >= 15 is 0 Å². The second-order valence-corrected chi connectivity index (χ2v) is 4.95. The van der Waals surface area contributed by atoms with Gasteiger partial charge in [-0.15, -0.1) is 0 Å². The zero-order valence-corrected chi connectivity index (χ0v) is 11.8. The van der Waals surface area contributed by atoms with E-state index in [0.29, 0.717) is 10.7 Å². The van der Waals surface area contributed by atoms with Gasteiger partial charge in [0, 0.05) is 10.7 Å². The second kappa shape index (κ2) is 7.84. The molecule has 0 aromatic heterocycles. The molecule has 20 heavy (non-hydrogen) atoms. The minimum absolute atomic E-state index is 0.184. The molecule has 0 bridgehead atoms. The number of aliphatic hydroxyl groups excluding tert-OH is 1. The van der Waals surface area contributed by atoms with Crippen LogP contribution in [0.3, 0.4) is 0 Å². The molecule has 1 rings (SSSR count). The van der Waals surface area contributed by atoms with E-state index in [-0.39, 0.29) is 13.0 Å². The van der Waals surface area contributed by atoms with Crippen molar-refractivity contribution in [1.82, 2.24) is 0 Å². The molecule has 7 heteroatoms. The molecule has 0 saturated carbocycles. The van der Waals surface area contributed by atoms with Gasteiger partial charge in [-0.3, -0.25) is 4.79 Å². The summed E-state index contributed by atoms with van der Waals surface area (Å²) in [6.07, 6.45) is -0.908. The number of halogens is 1. The van der Waals surface area contributed by atoms with Gasteiger partial charge in [0.2, 0.25) is 5.91 Å². The maximum Gasteiger partial charge on any atom is 0.230 e. The van der Waals surface area contributed by atoms with Gasteiger partial charge in [0.25, 0.3) is 0 Å². The minimum atomic E-state index is -1.34. The summed E-state index contributed by atoms with van der Waals surface area (Å²) in [4.78, 5) is 22.7. The van der Waals surface area contributed by atoms with Crippen molar-refractivity contribution in [2.24, 2.45) is 0 Å². The number of carboxylic acid groups (broad SMARTS) is 1. The lowest BCUT2D eigenvalue weighted by molar-refractivity contribution is -0.687. The van der Waals surface area contributed by atoms with Crippen molar-refractivity contribution >= 4 is 29.2 Å². The Morgan fingerprint density at radius 2 is 2.20 bits per heavy atom. The Kier molecular flexibility index (Phi) is 6.44. The number of amides is 1. The SMILES string of the molecule is C[C@H](O)C[NH2+][C@H](CC(=O)Nc1cccc(Cl)c1)C(=O)[O-]. The van der Waals surface area contributed by atoms with Crippen LogP contribution in [0.25, 0.3) is 0 Å². The average molecular weight is 301 g/mol. The van der Waals surface area contributed by atoms with Gasteiger partial charge in [0.15, 0.2) is 0 Å². The van der Waals surface area contributed by atoms with Gasteiger partial charge in [-0.05, 0) is 25.1 Å². The topological polar surface area (TPSA) is 106 Å². The first kappa shape index (κ1) is 16.4. The molecule has 0 aliphatic carbocycles. The third-order valence-corrected chi connectivity index (χ3v) is 2.81. The van der Waals surface area contributed by atoms with Gasteiger partial charge in [-0.1, -0.05) is 17.7 Å². The van der Waals surface area contributed by atoms with E-state index in [9.17, 15) is 14.7 Å². The molecule has 0 aliphatic heterocycles. The van der Waals surface area contributed by atoms with Crippen LogP contribution in [0.15, 0.2) is 24.3 Å². The zero-order valence-electron chi connectivity index (χ0n) is 11.0. The highest BCUT2D eigenvalue weighted by Gasteiger charge is 2.19. The van der Waals surface area contributed by atoms with E-state index < -0.39 is 24.0 Å². The molecule has 0 unspecified atom stereocenters. The molecule has 0 heterocycles. The van der Waals surface area contributed by atoms with Crippen molar-refractivity contribution in [2.45, 2.75) is 25.5 Å². The van der Waals surface area contributed by atoms with Gasteiger partial charge < -0.3 is 25.6 Å². The number of nitrogens with two attached hydrogens (primary N) is 1. The Hall–Kier alpha value is -1.63. The Morgan fingerprint density at radius 1 is 1.50 bits per heavy atom. The highest BCUT2D eigenvalue weighted by Crippen LogP contribution is 2.14. The largest absolute Gasteiger partial charge is 0.544 e. The maximum absolute atomic E-state index is 11.8. The van der Waals surface area contributed by atoms with Gasteiger partial charge in [0.05, 0.1) is 18.5 Å². The summed E-state index contributed by atoms with van der Waals surface area (Å²) < 4.78 is 0. The van der Waals surface area contributed by atoms with E-state index in [4.69, 9.17) is 16.7 Å². The molecular formula is C13H17ClN2O4. The van der Waals surface area contributed by atoms with Crippen LogP contribution in [0, 0.1) is 0 Å². The summed E-state index contributed by atoms with van der Waals surface area (Å²) >= 11 is 5.78. The van der Waals surface area contributed by atoms with Crippen molar-refractivity contribution < 1.29 is 25.1 Å². The highest BCUT2D eigenvalue weighted by atomic mass is 35.5. The molecule has 0 fully saturated rings. The molecule has 2 atom stereocenters. The summed E-state index contributed by atoms with van der Waals surface area (Å²) in [6, 6.07) is 5.51. The molecule has 1 aromatic rings. The number of carbonyl (C=O) groups is 2. The first-order valence-electron chi connectivity index (χ1n) is 6.16. The van der Waals surface area contributed by atoms with E-state index in [1.54, 1.807) is 24.3 Å². The van der Waals surface area contributed by atoms with Crippen LogP contribution in [-0.4, -0.2) is 35.7 Å². The molecule has 4 N–H and O–H groups in total. The van der Waals surface area contributed by atoms with Crippen molar-refractivity contribution in [1.29, 1.82) is 0 Å². The standard InChI is InChI=1S/C13H17ClN2O4/c1-8(17)7-15-11(13(19)20)6-12(18)16-10-4-2-3-9(14)5-10/h2-5,8,11,15,17H,6-7H2,1H3,(H,16,18)(H,19,20)/t8-,11+/m0/s1. The third kappa shape index (κ3) is 6.01. The number of anilines is 1. The first-order valence-corrected chi connectivity index (χ1v) is 6.54. The molecule has 0 spiro atoms. The van der Waals surface area contributed by atoms with E-state index in [1.165, 1.54) is 12.2 Å². The van der Waals surface area contributed by atoms with E-state index in [1.807, 2.05) is 0 Å². The fourth-order valence-electron chi connectivity index (χ4n) is 1.60. The Bertz CT molecular complexity index is 479.